The zero-order valence-electron chi connectivity index (χ0n) is 12.2. The quantitative estimate of drug-likeness (QED) is 0.571. The Hall–Kier alpha value is -1.62. The third-order valence-corrected chi connectivity index (χ3v) is 3.00. The third kappa shape index (κ3) is 6.20. The van der Waals surface area contributed by atoms with Crippen LogP contribution in [0.15, 0.2) is 29.4 Å². The SMILES string of the molecule is CCN(CC)CCNC(=NC)NCc1ccccn1. The van der Waals surface area contributed by atoms with Gasteiger partial charge in [0.1, 0.15) is 0 Å². The molecule has 0 aromatic carbocycles. The van der Waals surface area contributed by atoms with Crippen LogP contribution in [0.5, 0.6) is 0 Å². The number of nitrogens with zero attached hydrogens (tertiary/aromatic N) is 3. The van der Waals surface area contributed by atoms with Crippen molar-refractivity contribution < 1.29 is 0 Å². The highest BCUT2D eigenvalue weighted by atomic mass is 15.2. The number of guanidine groups is 1. The Bertz CT molecular complexity index is 359. The van der Waals surface area contributed by atoms with Crippen molar-refractivity contribution >= 4 is 5.96 Å². The molecule has 0 fully saturated rings. The summed E-state index contributed by atoms with van der Waals surface area (Å²) in [6, 6.07) is 5.90. The molecule has 0 saturated heterocycles. The van der Waals surface area contributed by atoms with Crippen LogP contribution in [-0.4, -0.2) is 49.1 Å². The molecular weight excluding hydrogens is 238 g/mol. The molecule has 0 aliphatic rings. The van der Waals surface area contributed by atoms with E-state index in [1.807, 2.05) is 18.2 Å². The Morgan fingerprint density at radius 3 is 2.63 bits per heavy atom. The number of hydrogen-bond donors (Lipinski definition) is 2. The molecule has 0 amide bonds. The normalized spacial score (nSPS) is 11.7. The lowest BCUT2D eigenvalue weighted by Crippen LogP contribution is -2.41. The highest BCUT2D eigenvalue weighted by Gasteiger charge is 2.01. The monoisotopic (exact) mass is 263 g/mol. The largest absolute Gasteiger partial charge is 0.355 e. The number of aliphatic imine (C=N–C) groups is 1. The lowest BCUT2D eigenvalue weighted by Gasteiger charge is -2.19. The maximum Gasteiger partial charge on any atom is 0.191 e. The van der Waals surface area contributed by atoms with Gasteiger partial charge in [-0.1, -0.05) is 19.9 Å². The summed E-state index contributed by atoms with van der Waals surface area (Å²) in [7, 11) is 1.78. The molecule has 1 heterocycles. The van der Waals surface area contributed by atoms with E-state index in [0.29, 0.717) is 6.54 Å². The van der Waals surface area contributed by atoms with Gasteiger partial charge in [0.05, 0.1) is 12.2 Å². The van der Waals surface area contributed by atoms with Crippen molar-refractivity contribution in [2.24, 2.45) is 4.99 Å². The first-order chi connectivity index (χ1) is 9.30. The van der Waals surface area contributed by atoms with Crippen molar-refractivity contribution in [1.29, 1.82) is 0 Å². The number of rotatable bonds is 7. The predicted molar refractivity (Wildman–Crippen MR) is 80.2 cm³/mol. The number of nitrogens with one attached hydrogen (secondary N) is 2. The van der Waals surface area contributed by atoms with Gasteiger partial charge in [-0.2, -0.15) is 0 Å². The minimum Gasteiger partial charge on any atom is -0.355 e. The highest BCUT2D eigenvalue weighted by molar-refractivity contribution is 5.79. The Morgan fingerprint density at radius 1 is 1.26 bits per heavy atom. The van der Waals surface area contributed by atoms with Gasteiger partial charge in [0.2, 0.25) is 0 Å². The summed E-state index contributed by atoms with van der Waals surface area (Å²) in [5.41, 5.74) is 1.01. The summed E-state index contributed by atoms with van der Waals surface area (Å²) >= 11 is 0. The number of pyridine rings is 1. The van der Waals surface area contributed by atoms with Crippen molar-refractivity contribution in [3.63, 3.8) is 0 Å². The molecule has 2 N–H and O–H groups in total. The molecule has 19 heavy (non-hydrogen) atoms. The summed E-state index contributed by atoms with van der Waals surface area (Å²) in [4.78, 5) is 10.8. The topological polar surface area (TPSA) is 52.5 Å². The summed E-state index contributed by atoms with van der Waals surface area (Å²) in [6.07, 6.45) is 1.80. The molecule has 0 bridgehead atoms. The molecule has 5 heteroatoms. The van der Waals surface area contributed by atoms with Gasteiger partial charge in [0, 0.05) is 26.3 Å². The van der Waals surface area contributed by atoms with Gasteiger partial charge in [-0.15, -0.1) is 0 Å². The van der Waals surface area contributed by atoms with Crippen LogP contribution >= 0.6 is 0 Å². The smallest absolute Gasteiger partial charge is 0.191 e. The Kier molecular flexibility index (Phi) is 7.58. The second-order valence-electron chi connectivity index (χ2n) is 4.20. The van der Waals surface area contributed by atoms with Crippen LogP contribution in [0.4, 0.5) is 0 Å². The fourth-order valence-electron chi connectivity index (χ4n) is 1.77. The van der Waals surface area contributed by atoms with Gasteiger partial charge >= 0.3 is 0 Å². The second-order valence-corrected chi connectivity index (χ2v) is 4.20. The molecule has 0 unspecified atom stereocenters. The van der Waals surface area contributed by atoms with Crippen molar-refractivity contribution in [2.75, 3.05) is 33.2 Å². The second kappa shape index (κ2) is 9.33. The van der Waals surface area contributed by atoms with E-state index in [9.17, 15) is 0 Å². The summed E-state index contributed by atoms with van der Waals surface area (Å²) < 4.78 is 0. The van der Waals surface area contributed by atoms with Crippen LogP contribution in [-0.2, 0) is 6.54 Å². The van der Waals surface area contributed by atoms with Crippen molar-refractivity contribution in [3.05, 3.63) is 30.1 Å². The van der Waals surface area contributed by atoms with Crippen LogP contribution in [0.1, 0.15) is 19.5 Å². The fraction of sp³-hybridized carbons (Fsp3) is 0.571. The van der Waals surface area contributed by atoms with Crippen molar-refractivity contribution in [3.8, 4) is 0 Å². The van der Waals surface area contributed by atoms with Crippen LogP contribution in [0.2, 0.25) is 0 Å². The molecule has 5 nitrogen and oxygen atoms in total. The van der Waals surface area contributed by atoms with Gasteiger partial charge in [-0.3, -0.25) is 9.98 Å². The van der Waals surface area contributed by atoms with E-state index in [-0.39, 0.29) is 0 Å². The predicted octanol–water partition coefficient (Wildman–Crippen LogP) is 1.09. The lowest BCUT2D eigenvalue weighted by atomic mass is 10.3. The molecule has 0 aliphatic carbocycles. The summed E-state index contributed by atoms with van der Waals surface area (Å²) in [5, 5.41) is 6.56. The van der Waals surface area contributed by atoms with Gasteiger partial charge in [0.25, 0.3) is 0 Å². The van der Waals surface area contributed by atoms with E-state index in [1.165, 1.54) is 0 Å². The maximum absolute atomic E-state index is 4.27. The van der Waals surface area contributed by atoms with Crippen LogP contribution in [0.3, 0.4) is 0 Å². The summed E-state index contributed by atoms with van der Waals surface area (Å²) in [5.74, 6) is 0.817. The maximum atomic E-state index is 4.27. The Labute approximate surface area is 116 Å². The highest BCUT2D eigenvalue weighted by Crippen LogP contribution is 1.91. The standard InChI is InChI=1S/C14H25N5/c1-4-19(5-2)11-10-17-14(15-3)18-12-13-8-6-7-9-16-13/h6-9H,4-5,10-12H2,1-3H3,(H2,15,17,18). The zero-order chi connectivity index (χ0) is 13.9. The molecule has 0 saturated carbocycles. The average molecular weight is 263 g/mol. The molecule has 1 aromatic heterocycles. The molecule has 1 aromatic rings. The molecule has 106 valence electrons. The minimum atomic E-state index is 0.686. The van der Waals surface area contributed by atoms with Gasteiger partial charge in [-0.25, -0.2) is 0 Å². The molecule has 0 atom stereocenters. The minimum absolute atomic E-state index is 0.686. The number of likely N-dealkylation sites (N-methyl/N-ethyl adjacent to an activating group) is 1. The van der Waals surface area contributed by atoms with Gasteiger partial charge < -0.3 is 15.5 Å². The van der Waals surface area contributed by atoms with Gasteiger partial charge in [0.15, 0.2) is 5.96 Å². The molecule has 0 radical (unpaired) electrons. The Balaban J connectivity index is 2.27. The van der Waals surface area contributed by atoms with Crippen molar-refractivity contribution in [1.82, 2.24) is 20.5 Å². The zero-order valence-corrected chi connectivity index (χ0v) is 12.2. The molecule has 0 aliphatic heterocycles. The van der Waals surface area contributed by atoms with E-state index < -0.39 is 0 Å². The fourth-order valence-corrected chi connectivity index (χ4v) is 1.77. The van der Waals surface area contributed by atoms with Crippen LogP contribution in [0, 0.1) is 0 Å². The van der Waals surface area contributed by atoms with E-state index in [1.54, 1.807) is 13.2 Å². The van der Waals surface area contributed by atoms with Crippen molar-refractivity contribution in [2.45, 2.75) is 20.4 Å². The van der Waals surface area contributed by atoms with E-state index in [2.05, 4.69) is 39.4 Å². The summed E-state index contributed by atoms with van der Waals surface area (Å²) in [6.45, 7) is 9.12. The molecule has 0 spiro atoms. The number of aromatic nitrogens is 1. The van der Waals surface area contributed by atoms with E-state index in [4.69, 9.17) is 0 Å². The first-order valence-corrected chi connectivity index (χ1v) is 6.86. The number of hydrogen-bond acceptors (Lipinski definition) is 3. The van der Waals surface area contributed by atoms with E-state index in [0.717, 1.165) is 37.8 Å². The lowest BCUT2D eigenvalue weighted by molar-refractivity contribution is 0.308. The molecule has 1 rings (SSSR count). The third-order valence-electron chi connectivity index (χ3n) is 3.00. The van der Waals surface area contributed by atoms with Crippen LogP contribution in [0.25, 0.3) is 0 Å². The van der Waals surface area contributed by atoms with E-state index >= 15 is 0 Å². The average Bonchev–Trinajstić information content (AvgIpc) is 2.48. The van der Waals surface area contributed by atoms with Gasteiger partial charge in [-0.05, 0) is 25.2 Å². The Morgan fingerprint density at radius 2 is 2.05 bits per heavy atom. The van der Waals surface area contributed by atoms with Crippen LogP contribution < -0.4 is 10.6 Å². The first kappa shape index (κ1) is 15.4. The first-order valence-electron chi connectivity index (χ1n) is 6.86. The molecular formula is C14H25N5.